The molecule has 0 saturated carbocycles. The van der Waals surface area contributed by atoms with Gasteiger partial charge in [-0.15, -0.1) is 0 Å². The number of hydrogen-bond donors (Lipinski definition) is 1. The number of hydrogen-bond acceptors (Lipinski definition) is 9. The van der Waals surface area contributed by atoms with E-state index in [1.807, 2.05) is 34.6 Å². The average molecular weight is 647 g/mol. The summed E-state index contributed by atoms with van der Waals surface area (Å²) in [5.74, 6) is 0.608. The van der Waals surface area contributed by atoms with E-state index >= 15 is 0 Å². The van der Waals surface area contributed by atoms with Crippen LogP contribution >= 0.6 is 0 Å². The number of aliphatic hydroxyl groups is 1. The molecule has 0 bridgehead atoms. The van der Waals surface area contributed by atoms with Gasteiger partial charge >= 0.3 is 0 Å². The van der Waals surface area contributed by atoms with Gasteiger partial charge in [-0.25, -0.2) is 0 Å². The molecular formula is C36H70O9. The molecule has 0 radical (unpaired) electrons. The molecule has 9 nitrogen and oxygen atoms in total. The summed E-state index contributed by atoms with van der Waals surface area (Å²) in [6.07, 6.45) is 8.39. The first-order valence-corrected chi connectivity index (χ1v) is 17.7. The molecule has 0 aromatic heterocycles. The maximum atomic E-state index is 12.8. The minimum absolute atomic E-state index is 0.0208. The van der Waals surface area contributed by atoms with Crippen molar-refractivity contribution in [2.24, 2.45) is 5.92 Å². The number of ether oxygens (including phenoxy) is 7. The minimum atomic E-state index is -0.215. The summed E-state index contributed by atoms with van der Waals surface area (Å²) in [6.45, 7) is 21.3. The first-order valence-electron chi connectivity index (χ1n) is 17.7. The van der Waals surface area contributed by atoms with E-state index in [2.05, 4.69) is 20.4 Å². The maximum Gasteiger partial charge on any atom is 0.135 e. The number of fused-ring (bicyclic) bond motifs is 1. The molecule has 0 aliphatic carbocycles. The van der Waals surface area contributed by atoms with Crippen molar-refractivity contribution in [1.82, 2.24) is 0 Å². The summed E-state index contributed by atoms with van der Waals surface area (Å²) < 4.78 is 41.1. The van der Waals surface area contributed by atoms with E-state index in [0.717, 1.165) is 72.1 Å². The van der Waals surface area contributed by atoms with Crippen molar-refractivity contribution < 1.29 is 43.1 Å². The third kappa shape index (κ3) is 16.2. The van der Waals surface area contributed by atoms with Gasteiger partial charge in [0.2, 0.25) is 0 Å². The summed E-state index contributed by atoms with van der Waals surface area (Å²) in [5, 5.41) is 7.00. The second-order valence-electron chi connectivity index (χ2n) is 11.6. The molecule has 0 spiro atoms. The van der Waals surface area contributed by atoms with Gasteiger partial charge in [-0.3, -0.25) is 4.79 Å². The molecule has 4 rings (SSSR count). The number of carbonyl (C=O) groups is 1. The van der Waals surface area contributed by atoms with Gasteiger partial charge in [0.1, 0.15) is 24.1 Å². The number of aliphatic hydroxyl groups excluding tert-OH is 1. The molecule has 9 heteroatoms. The van der Waals surface area contributed by atoms with Gasteiger partial charge in [-0.1, -0.05) is 46.8 Å². The number of methoxy groups -OCH3 is 2. The van der Waals surface area contributed by atoms with Gasteiger partial charge in [0.15, 0.2) is 0 Å². The topological polar surface area (TPSA) is 102 Å². The van der Waals surface area contributed by atoms with Gasteiger partial charge in [0.25, 0.3) is 0 Å². The lowest BCUT2D eigenvalue weighted by atomic mass is 9.87. The van der Waals surface area contributed by atoms with Crippen LogP contribution in [0, 0.1) is 5.92 Å². The molecule has 1 N–H and O–H groups in total. The molecule has 4 fully saturated rings. The Balaban J connectivity index is 0.00000126. The van der Waals surface area contributed by atoms with Crippen molar-refractivity contribution >= 4 is 5.78 Å². The third-order valence-corrected chi connectivity index (χ3v) is 8.54. The normalized spacial score (nSPS) is 31.2. The van der Waals surface area contributed by atoms with Crippen molar-refractivity contribution in [3.05, 3.63) is 12.2 Å². The lowest BCUT2D eigenvalue weighted by molar-refractivity contribution is -0.282. The van der Waals surface area contributed by atoms with Crippen LogP contribution in [0.3, 0.4) is 0 Å². The number of Topliss-reactive ketones (excluding diaryl/α,β-unsaturated/α-hetero) is 1. The third-order valence-electron chi connectivity index (χ3n) is 8.54. The lowest BCUT2D eigenvalue weighted by Crippen LogP contribution is -2.62. The monoisotopic (exact) mass is 647 g/mol. The largest absolute Gasteiger partial charge is 0.400 e. The predicted octanol–water partition coefficient (Wildman–Crippen LogP) is 6.71. The SMILES string of the molecule is C=C1CCCOC1.CC.CC.CC[C@H](CCCOC)OC1C(OC)C(C)OC2CCC(CC(=O)CC3CCOC3C)OC21.CO. The fourth-order valence-electron chi connectivity index (χ4n) is 6.20. The second-order valence-corrected chi connectivity index (χ2v) is 11.6. The van der Waals surface area contributed by atoms with Gasteiger partial charge in [-0.2, -0.15) is 0 Å². The summed E-state index contributed by atoms with van der Waals surface area (Å²) in [6, 6.07) is 0. The Morgan fingerprint density at radius 3 is 2.20 bits per heavy atom. The Bertz CT molecular complexity index is 725. The van der Waals surface area contributed by atoms with Crippen LogP contribution in [-0.2, 0) is 38.0 Å². The number of carbonyl (C=O) groups excluding carboxylic acids is 1. The number of rotatable bonds is 12. The average Bonchev–Trinajstić information content (AvgIpc) is 3.47. The fourth-order valence-corrected chi connectivity index (χ4v) is 6.20. The van der Waals surface area contributed by atoms with Crippen molar-refractivity contribution in [3.8, 4) is 0 Å². The van der Waals surface area contributed by atoms with Gasteiger partial charge < -0.3 is 38.3 Å². The molecule has 0 aromatic carbocycles. The van der Waals surface area contributed by atoms with E-state index in [1.165, 1.54) is 18.4 Å². The summed E-state index contributed by atoms with van der Waals surface area (Å²) in [4.78, 5) is 12.8. The Kier molecular flexibility index (Phi) is 26.5. The molecular weight excluding hydrogens is 576 g/mol. The standard InChI is InChI=1S/C25H44O7.C6H10O.2C2H6.CH4O/c1-6-20(8-7-12-27-4)31-25-23(28-5)17(3)30-22-10-9-21(32-24(22)25)15-19(26)14-18-11-13-29-16(18)2;1-6-3-2-4-7-5-6;3*1-2/h16-18,20-25H,6-15H2,1-5H3;1-5H2;2*1-2H3;2H,1H3/t16?,17?,18?,20-,21?,22?,23?,24?,25?;;;;/m1..../s1. The Hall–Kier alpha value is -0.910. The maximum absolute atomic E-state index is 12.8. The van der Waals surface area contributed by atoms with Crippen LogP contribution in [0.15, 0.2) is 12.2 Å². The molecule has 45 heavy (non-hydrogen) atoms. The second kappa shape index (κ2) is 27.1. The van der Waals surface area contributed by atoms with E-state index in [1.54, 1.807) is 14.2 Å². The smallest absolute Gasteiger partial charge is 0.135 e. The van der Waals surface area contributed by atoms with Gasteiger partial charge in [0, 0.05) is 54.0 Å². The van der Waals surface area contributed by atoms with Crippen LogP contribution in [0.2, 0.25) is 0 Å². The molecule has 4 saturated heterocycles. The lowest BCUT2D eigenvalue weighted by Gasteiger charge is -2.49. The van der Waals surface area contributed by atoms with Crippen LogP contribution in [0.25, 0.3) is 0 Å². The van der Waals surface area contributed by atoms with E-state index in [-0.39, 0.29) is 54.6 Å². The summed E-state index contributed by atoms with van der Waals surface area (Å²) in [5.41, 5.74) is 1.24. The van der Waals surface area contributed by atoms with E-state index in [4.69, 9.17) is 38.3 Å². The zero-order valence-corrected chi connectivity index (χ0v) is 30.5. The van der Waals surface area contributed by atoms with Crippen molar-refractivity contribution in [1.29, 1.82) is 0 Å². The molecule has 0 aromatic rings. The molecule has 4 heterocycles. The van der Waals surface area contributed by atoms with E-state index in [0.29, 0.717) is 18.8 Å². The van der Waals surface area contributed by atoms with Gasteiger partial charge in [0.05, 0.1) is 37.1 Å². The highest BCUT2D eigenvalue weighted by Crippen LogP contribution is 2.37. The zero-order valence-electron chi connectivity index (χ0n) is 30.5. The van der Waals surface area contributed by atoms with Crippen LogP contribution in [0.4, 0.5) is 0 Å². The zero-order chi connectivity index (χ0) is 34.2. The Morgan fingerprint density at radius 2 is 1.69 bits per heavy atom. The number of ketones is 1. The summed E-state index contributed by atoms with van der Waals surface area (Å²) in [7, 11) is 4.44. The molecule has 9 atom stereocenters. The first kappa shape index (κ1) is 44.1. The van der Waals surface area contributed by atoms with Crippen molar-refractivity contribution in [3.63, 3.8) is 0 Å². The first-order chi connectivity index (χ1) is 21.9. The highest BCUT2D eigenvalue weighted by Gasteiger charge is 2.49. The highest BCUT2D eigenvalue weighted by atomic mass is 16.6. The summed E-state index contributed by atoms with van der Waals surface area (Å²) >= 11 is 0. The fraction of sp³-hybridized carbons (Fsp3) is 0.917. The Labute approximate surface area is 276 Å². The van der Waals surface area contributed by atoms with E-state index < -0.39 is 0 Å². The van der Waals surface area contributed by atoms with Crippen LogP contribution < -0.4 is 0 Å². The quantitative estimate of drug-likeness (QED) is 0.183. The predicted molar refractivity (Wildman–Crippen MR) is 181 cm³/mol. The minimum Gasteiger partial charge on any atom is -0.400 e. The van der Waals surface area contributed by atoms with Crippen LogP contribution in [0.5, 0.6) is 0 Å². The van der Waals surface area contributed by atoms with Crippen molar-refractivity contribution in [2.45, 2.75) is 162 Å². The Morgan fingerprint density at radius 1 is 0.978 bits per heavy atom. The van der Waals surface area contributed by atoms with E-state index in [9.17, 15) is 4.79 Å². The van der Waals surface area contributed by atoms with Gasteiger partial charge in [-0.05, 0) is 71.1 Å². The molecule has 4 aliphatic heterocycles. The molecule has 0 amide bonds. The van der Waals surface area contributed by atoms with Crippen molar-refractivity contribution in [2.75, 3.05) is 47.8 Å². The molecule has 8 unspecified atom stereocenters. The van der Waals surface area contributed by atoms with Crippen LogP contribution in [-0.4, -0.2) is 107 Å². The molecule has 4 aliphatic rings. The molecule has 268 valence electrons. The van der Waals surface area contributed by atoms with Crippen LogP contribution in [0.1, 0.15) is 113 Å². The highest BCUT2D eigenvalue weighted by molar-refractivity contribution is 5.79.